The summed E-state index contributed by atoms with van der Waals surface area (Å²) in [5, 5.41) is 0. The molecule has 2 fully saturated rings. The molecule has 0 aromatic heterocycles. The Bertz CT molecular complexity index is 716. The third-order valence-corrected chi connectivity index (χ3v) is 9.21. The molecular formula is C24H34N2. The van der Waals surface area contributed by atoms with Crippen LogP contribution in [0, 0.1) is 34.5 Å². The largest absolute Gasteiger partial charge is 0.324 e. The molecule has 140 valence electrons. The normalized spacial score (nSPS) is 52.2. The highest BCUT2D eigenvalue weighted by atomic mass is 14.9. The maximum atomic E-state index is 7.45. The van der Waals surface area contributed by atoms with Gasteiger partial charge in [-0.1, -0.05) is 50.1 Å². The van der Waals surface area contributed by atoms with Crippen molar-refractivity contribution in [2.45, 2.75) is 70.8 Å². The van der Waals surface area contributed by atoms with Crippen molar-refractivity contribution in [2.75, 3.05) is 0 Å². The smallest absolute Gasteiger partial charge is 0.0263 e. The molecule has 7 atom stereocenters. The second-order valence-corrected chi connectivity index (χ2v) is 10.2. The predicted octanol–water partition coefficient (Wildman–Crippen LogP) is 5.42. The monoisotopic (exact) mass is 350 g/mol. The van der Waals surface area contributed by atoms with E-state index in [4.69, 9.17) is 5.73 Å². The number of nitrogens with zero attached hydrogens (tertiary/aromatic N) is 1. The molecule has 2 heteroatoms. The van der Waals surface area contributed by atoms with E-state index in [2.05, 4.69) is 49.4 Å². The molecular weight excluding hydrogens is 316 g/mol. The lowest BCUT2D eigenvalue weighted by Crippen LogP contribution is -2.67. The number of hydrogen-bond acceptors (Lipinski definition) is 2. The van der Waals surface area contributed by atoms with Crippen molar-refractivity contribution in [1.29, 1.82) is 0 Å². The molecule has 0 amide bonds. The Kier molecular flexibility index (Phi) is 3.71. The quantitative estimate of drug-likeness (QED) is 0.582. The molecule has 0 bridgehead atoms. The minimum Gasteiger partial charge on any atom is -0.324 e. The summed E-state index contributed by atoms with van der Waals surface area (Å²) in [5.74, 6) is 2.22. The highest BCUT2D eigenvalue weighted by Gasteiger charge is 2.62. The van der Waals surface area contributed by atoms with Crippen LogP contribution in [0.1, 0.15) is 65.2 Å². The number of aliphatic imine (C=N–C) groups is 1. The van der Waals surface area contributed by atoms with Crippen LogP contribution in [0.2, 0.25) is 0 Å². The Balaban J connectivity index is 1.58. The van der Waals surface area contributed by atoms with Gasteiger partial charge in [0.15, 0.2) is 0 Å². The van der Waals surface area contributed by atoms with Gasteiger partial charge < -0.3 is 5.73 Å². The van der Waals surface area contributed by atoms with Crippen LogP contribution in [0.5, 0.6) is 0 Å². The van der Waals surface area contributed by atoms with Gasteiger partial charge >= 0.3 is 0 Å². The zero-order valence-electron chi connectivity index (χ0n) is 16.5. The first-order chi connectivity index (χ1) is 12.5. The van der Waals surface area contributed by atoms with Crippen LogP contribution in [0.25, 0.3) is 0 Å². The van der Waals surface area contributed by atoms with Crippen molar-refractivity contribution in [1.82, 2.24) is 0 Å². The number of rotatable bonds is 0. The maximum Gasteiger partial charge on any atom is 0.0263 e. The predicted molar refractivity (Wildman–Crippen MR) is 109 cm³/mol. The molecule has 0 aromatic carbocycles. The zero-order chi connectivity index (χ0) is 18.0. The summed E-state index contributed by atoms with van der Waals surface area (Å²) in [6.07, 6.45) is 24.2. The molecule has 2 nitrogen and oxygen atoms in total. The van der Waals surface area contributed by atoms with Gasteiger partial charge in [0.25, 0.3) is 0 Å². The lowest BCUT2D eigenvalue weighted by molar-refractivity contribution is -0.0783. The summed E-state index contributed by atoms with van der Waals surface area (Å²) in [5.41, 5.74) is 9.77. The highest BCUT2D eigenvalue weighted by Crippen LogP contribution is 2.65. The molecule has 0 radical (unpaired) electrons. The van der Waals surface area contributed by atoms with Crippen molar-refractivity contribution in [2.24, 2.45) is 45.2 Å². The van der Waals surface area contributed by atoms with Crippen LogP contribution in [-0.4, -0.2) is 11.8 Å². The molecule has 1 heterocycles. The van der Waals surface area contributed by atoms with E-state index in [1.807, 2.05) is 6.20 Å². The number of hydrogen-bond donors (Lipinski definition) is 1. The van der Waals surface area contributed by atoms with Crippen LogP contribution >= 0.6 is 0 Å². The first-order valence-corrected chi connectivity index (χ1v) is 10.8. The molecule has 5 aliphatic rings. The van der Waals surface area contributed by atoms with Gasteiger partial charge in [-0.05, 0) is 73.5 Å². The van der Waals surface area contributed by atoms with Crippen molar-refractivity contribution in [3.05, 3.63) is 36.1 Å². The molecule has 2 N–H and O–H groups in total. The van der Waals surface area contributed by atoms with Crippen LogP contribution < -0.4 is 5.73 Å². The van der Waals surface area contributed by atoms with E-state index < -0.39 is 0 Å². The van der Waals surface area contributed by atoms with Crippen molar-refractivity contribution < 1.29 is 0 Å². The second-order valence-electron chi connectivity index (χ2n) is 10.2. The Labute approximate surface area is 158 Å². The molecule has 4 aliphatic carbocycles. The Morgan fingerprint density at radius 2 is 2.00 bits per heavy atom. The summed E-state index contributed by atoms with van der Waals surface area (Å²) >= 11 is 0. The summed E-state index contributed by atoms with van der Waals surface area (Å²) in [6, 6.07) is 0. The van der Waals surface area contributed by atoms with Crippen molar-refractivity contribution >= 4 is 6.21 Å². The maximum absolute atomic E-state index is 7.45. The fourth-order valence-electron chi connectivity index (χ4n) is 7.84. The van der Waals surface area contributed by atoms with Gasteiger partial charge in [0.2, 0.25) is 0 Å². The van der Waals surface area contributed by atoms with E-state index >= 15 is 0 Å². The Hall–Kier alpha value is -1.15. The lowest BCUT2D eigenvalue weighted by atomic mass is 9.42. The fraction of sp³-hybridized carbons (Fsp3) is 0.708. The number of fused-ring (bicyclic) bond motifs is 7. The first kappa shape index (κ1) is 17.0. The summed E-state index contributed by atoms with van der Waals surface area (Å²) in [4.78, 5) is 4.44. The second kappa shape index (κ2) is 5.67. The summed E-state index contributed by atoms with van der Waals surface area (Å²) in [6.45, 7) is 5.09. The van der Waals surface area contributed by atoms with Gasteiger partial charge in [0.05, 0.1) is 0 Å². The van der Waals surface area contributed by atoms with Crippen molar-refractivity contribution in [3.63, 3.8) is 0 Å². The van der Waals surface area contributed by atoms with Gasteiger partial charge in [-0.25, -0.2) is 0 Å². The molecule has 0 spiro atoms. The highest BCUT2D eigenvalue weighted by molar-refractivity contribution is 5.66. The van der Waals surface area contributed by atoms with Crippen LogP contribution in [0.3, 0.4) is 0 Å². The standard InChI is InChI=1S/C24H34N2/c1-22-12-4-3-7-18(22)9-14-24(25)20-8-5-6-17-16-26-15-11-19(17)23(20,2)13-10-21(22)24/h5-6,9,11,15-17,19-21H,3-4,7-8,10,12-14,25H2,1-2H3. The average molecular weight is 351 g/mol. The van der Waals surface area contributed by atoms with Crippen LogP contribution in [0.4, 0.5) is 0 Å². The number of allylic oxidation sites excluding steroid dienone is 4. The van der Waals surface area contributed by atoms with E-state index in [0.717, 1.165) is 12.8 Å². The fourth-order valence-corrected chi connectivity index (χ4v) is 7.84. The number of nitrogens with two attached hydrogens (primary N) is 1. The van der Waals surface area contributed by atoms with E-state index in [9.17, 15) is 0 Å². The van der Waals surface area contributed by atoms with Crippen LogP contribution in [0.15, 0.2) is 41.1 Å². The van der Waals surface area contributed by atoms with Gasteiger partial charge in [0.1, 0.15) is 0 Å². The zero-order valence-corrected chi connectivity index (χ0v) is 16.5. The minimum absolute atomic E-state index is 0.0513. The average Bonchev–Trinajstić information content (AvgIpc) is 2.78. The van der Waals surface area contributed by atoms with Gasteiger partial charge in [-0.15, -0.1) is 0 Å². The first-order valence-electron chi connectivity index (χ1n) is 10.8. The molecule has 2 saturated carbocycles. The SMILES string of the molecule is CC12CCCCC1=CCC1(N)C2CCC2(C)C3C=CN=CC3C=CCC21. The summed E-state index contributed by atoms with van der Waals surface area (Å²) < 4.78 is 0. The molecule has 5 rings (SSSR count). The Morgan fingerprint density at radius 3 is 2.88 bits per heavy atom. The van der Waals surface area contributed by atoms with Gasteiger partial charge in [0, 0.05) is 23.9 Å². The minimum atomic E-state index is -0.0513. The van der Waals surface area contributed by atoms with Crippen LogP contribution in [-0.2, 0) is 0 Å². The van der Waals surface area contributed by atoms with Gasteiger partial charge in [-0.2, -0.15) is 0 Å². The van der Waals surface area contributed by atoms with Gasteiger partial charge in [-0.3, -0.25) is 4.99 Å². The van der Waals surface area contributed by atoms with E-state index in [1.165, 1.54) is 38.5 Å². The lowest BCUT2D eigenvalue weighted by Gasteiger charge is -2.64. The Morgan fingerprint density at radius 1 is 1.12 bits per heavy atom. The van der Waals surface area contributed by atoms with E-state index in [0.29, 0.717) is 29.1 Å². The van der Waals surface area contributed by atoms with E-state index in [-0.39, 0.29) is 11.0 Å². The third-order valence-electron chi connectivity index (χ3n) is 9.21. The molecule has 0 aromatic rings. The molecule has 0 saturated heterocycles. The molecule has 26 heavy (non-hydrogen) atoms. The van der Waals surface area contributed by atoms with Crippen molar-refractivity contribution in [3.8, 4) is 0 Å². The summed E-state index contributed by atoms with van der Waals surface area (Å²) in [7, 11) is 0. The topological polar surface area (TPSA) is 38.4 Å². The van der Waals surface area contributed by atoms with E-state index in [1.54, 1.807) is 5.57 Å². The third kappa shape index (κ3) is 2.11. The molecule has 1 aliphatic heterocycles. The molecule has 7 unspecified atom stereocenters.